The number of thiophene rings is 1. The van der Waals surface area contributed by atoms with Crippen molar-refractivity contribution < 1.29 is 0 Å². The molecule has 0 fully saturated rings. The van der Waals surface area contributed by atoms with Crippen LogP contribution in [0.1, 0.15) is 0 Å². The summed E-state index contributed by atoms with van der Waals surface area (Å²) in [5.41, 5.74) is 14.6. The molecule has 3 heterocycles. The minimum Gasteiger partial charge on any atom is -0.309 e. The fraction of sp³-hybridized carbons (Fsp3) is 0. The van der Waals surface area contributed by atoms with Crippen LogP contribution in [0, 0.1) is 0 Å². The van der Waals surface area contributed by atoms with Gasteiger partial charge in [-0.3, -0.25) is 0 Å². The zero-order valence-electron chi connectivity index (χ0n) is 30.9. The van der Waals surface area contributed by atoms with Gasteiger partial charge in [0.15, 0.2) is 0 Å². The maximum atomic E-state index is 2.48. The van der Waals surface area contributed by atoms with Crippen molar-refractivity contribution in [1.29, 1.82) is 0 Å². The molecular weight excluding hydrogens is 709 g/mol. The average Bonchev–Trinajstić information content (AvgIpc) is 3.95. The van der Waals surface area contributed by atoms with Gasteiger partial charge in [0, 0.05) is 42.7 Å². The van der Waals surface area contributed by atoms with Gasteiger partial charge in [-0.15, -0.1) is 11.3 Å². The molecule has 2 nitrogen and oxygen atoms in total. The third-order valence-corrected chi connectivity index (χ3v) is 13.0. The highest BCUT2D eigenvalue weighted by atomic mass is 32.1. The normalized spacial score (nSPS) is 11.9. The highest BCUT2D eigenvalue weighted by Gasteiger charge is 2.19. The Bertz CT molecular complexity index is 3460. The molecular formula is C54H34N2S. The molecule has 0 aliphatic carbocycles. The summed E-state index contributed by atoms with van der Waals surface area (Å²) in [5.74, 6) is 0. The molecule has 0 saturated carbocycles. The predicted octanol–water partition coefficient (Wildman–Crippen LogP) is 15.2. The molecule has 57 heavy (non-hydrogen) atoms. The summed E-state index contributed by atoms with van der Waals surface area (Å²) in [6, 6.07) is 75.5. The average molecular weight is 743 g/mol. The Kier molecular flexibility index (Phi) is 7.13. The molecule has 0 N–H and O–H groups in total. The molecule has 0 saturated heterocycles. The van der Waals surface area contributed by atoms with Crippen LogP contribution in [0.3, 0.4) is 0 Å². The molecule has 12 rings (SSSR count). The molecule has 9 aromatic carbocycles. The Morgan fingerprint density at radius 1 is 0.281 bits per heavy atom. The van der Waals surface area contributed by atoms with Crippen LogP contribution in [0.2, 0.25) is 0 Å². The lowest BCUT2D eigenvalue weighted by molar-refractivity contribution is 1.17. The number of para-hydroxylation sites is 3. The molecule has 0 radical (unpaired) electrons. The van der Waals surface area contributed by atoms with Crippen molar-refractivity contribution in [3.8, 4) is 44.8 Å². The van der Waals surface area contributed by atoms with E-state index in [1.165, 1.54) is 109 Å². The summed E-state index contributed by atoms with van der Waals surface area (Å²) in [4.78, 5) is 0. The largest absolute Gasteiger partial charge is 0.309 e. The van der Waals surface area contributed by atoms with E-state index in [4.69, 9.17) is 0 Å². The topological polar surface area (TPSA) is 9.86 Å². The molecule has 12 aromatic rings. The Morgan fingerprint density at radius 2 is 0.772 bits per heavy atom. The summed E-state index contributed by atoms with van der Waals surface area (Å²) in [6.07, 6.45) is 0. The van der Waals surface area contributed by atoms with Gasteiger partial charge < -0.3 is 9.13 Å². The first-order valence-corrected chi connectivity index (χ1v) is 20.3. The first-order valence-electron chi connectivity index (χ1n) is 19.5. The van der Waals surface area contributed by atoms with Gasteiger partial charge in [-0.25, -0.2) is 0 Å². The van der Waals surface area contributed by atoms with Crippen LogP contribution in [0.15, 0.2) is 206 Å². The molecule has 3 heteroatoms. The number of fused-ring (bicyclic) bond motifs is 9. The van der Waals surface area contributed by atoms with E-state index in [2.05, 4.69) is 215 Å². The van der Waals surface area contributed by atoms with E-state index in [1.54, 1.807) is 0 Å². The van der Waals surface area contributed by atoms with E-state index in [9.17, 15) is 0 Å². The lowest BCUT2D eigenvalue weighted by atomic mass is 9.96. The van der Waals surface area contributed by atoms with E-state index in [-0.39, 0.29) is 0 Å². The van der Waals surface area contributed by atoms with Crippen molar-refractivity contribution >= 4 is 75.1 Å². The van der Waals surface area contributed by atoms with Crippen LogP contribution in [0.4, 0.5) is 0 Å². The number of benzene rings is 9. The van der Waals surface area contributed by atoms with Gasteiger partial charge in [-0.1, -0.05) is 158 Å². The van der Waals surface area contributed by atoms with Gasteiger partial charge in [-0.2, -0.15) is 0 Å². The lowest BCUT2D eigenvalue weighted by Crippen LogP contribution is -1.96. The van der Waals surface area contributed by atoms with Crippen molar-refractivity contribution in [2.24, 2.45) is 0 Å². The van der Waals surface area contributed by atoms with E-state index < -0.39 is 0 Å². The Labute approximate surface area is 333 Å². The zero-order chi connectivity index (χ0) is 37.5. The van der Waals surface area contributed by atoms with Gasteiger partial charge in [0.2, 0.25) is 0 Å². The molecule has 0 bridgehead atoms. The summed E-state index contributed by atoms with van der Waals surface area (Å²) in [5, 5.41) is 7.63. The second-order valence-electron chi connectivity index (χ2n) is 14.9. The Morgan fingerprint density at radius 3 is 1.49 bits per heavy atom. The number of hydrogen-bond donors (Lipinski definition) is 0. The number of aromatic nitrogens is 2. The predicted molar refractivity (Wildman–Crippen MR) is 244 cm³/mol. The van der Waals surface area contributed by atoms with Gasteiger partial charge in [0.05, 0.1) is 32.5 Å². The van der Waals surface area contributed by atoms with Crippen LogP contribution in [-0.2, 0) is 0 Å². The fourth-order valence-corrected chi connectivity index (χ4v) is 10.5. The van der Waals surface area contributed by atoms with Crippen LogP contribution >= 0.6 is 11.3 Å². The van der Waals surface area contributed by atoms with Crippen LogP contribution in [-0.4, -0.2) is 9.13 Å². The van der Waals surface area contributed by atoms with Gasteiger partial charge >= 0.3 is 0 Å². The highest BCUT2D eigenvalue weighted by molar-refractivity contribution is 7.26. The van der Waals surface area contributed by atoms with Crippen molar-refractivity contribution in [2.45, 2.75) is 0 Å². The third-order valence-electron chi connectivity index (χ3n) is 11.7. The second-order valence-corrected chi connectivity index (χ2v) is 15.9. The SMILES string of the molecule is c1ccc(-c2ccc(-c3cccc(-c4cccc5c4sc4c(-n6c7ccccc7c7cc(-n8c9ccccc9c9ccccc98)ccc76)cccc45)c3)cc2)cc1. The first-order chi connectivity index (χ1) is 28.3. The van der Waals surface area contributed by atoms with Gasteiger partial charge in [0.1, 0.15) is 0 Å². The van der Waals surface area contributed by atoms with Crippen molar-refractivity contribution in [1.82, 2.24) is 9.13 Å². The zero-order valence-corrected chi connectivity index (χ0v) is 31.7. The number of hydrogen-bond acceptors (Lipinski definition) is 1. The molecule has 0 aliphatic heterocycles. The van der Waals surface area contributed by atoms with Crippen LogP contribution in [0.25, 0.3) is 109 Å². The number of nitrogens with zero attached hydrogens (tertiary/aromatic N) is 2. The highest BCUT2D eigenvalue weighted by Crippen LogP contribution is 2.45. The summed E-state index contributed by atoms with van der Waals surface area (Å²) in [7, 11) is 0. The molecule has 0 unspecified atom stereocenters. The van der Waals surface area contributed by atoms with Gasteiger partial charge in [-0.05, 0) is 81.9 Å². The van der Waals surface area contributed by atoms with Crippen molar-refractivity contribution in [3.05, 3.63) is 206 Å². The Balaban J connectivity index is 1.01. The van der Waals surface area contributed by atoms with E-state index >= 15 is 0 Å². The fourth-order valence-electron chi connectivity index (χ4n) is 9.12. The van der Waals surface area contributed by atoms with E-state index in [0.29, 0.717) is 0 Å². The monoisotopic (exact) mass is 742 g/mol. The second kappa shape index (κ2) is 12.7. The van der Waals surface area contributed by atoms with E-state index in [1.807, 2.05) is 11.3 Å². The maximum Gasteiger partial charge on any atom is 0.0640 e. The van der Waals surface area contributed by atoms with E-state index in [0.717, 1.165) is 0 Å². The van der Waals surface area contributed by atoms with Crippen LogP contribution in [0.5, 0.6) is 0 Å². The van der Waals surface area contributed by atoms with Crippen molar-refractivity contribution in [2.75, 3.05) is 0 Å². The first kappa shape index (κ1) is 32.1. The Hall–Kier alpha value is -7.20. The molecule has 0 spiro atoms. The minimum atomic E-state index is 1.17. The molecule has 0 atom stereocenters. The molecule has 0 aliphatic rings. The standard InChI is InChI=1S/C54H34N2S/c1-2-13-35(14-3-1)36-27-29-37(30-28-36)38-15-10-16-39(33-38)41-20-11-21-45-46-22-12-26-52(54(46)57-53(41)45)56-50-25-9-6-19-44(50)47-34-40(31-32-51(47)56)55-48-23-7-4-17-42(48)43-18-5-8-24-49(43)55/h1-34H. The van der Waals surface area contributed by atoms with Crippen molar-refractivity contribution in [3.63, 3.8) is 0 Å². The summed E-state index contributed by atoms with van der Waals surface area (Å²) >= 11 is 1.91. The molecule has 0 amide bonds. The number of rotatable bonds is 5. The third kappa shape index (κ3) is 4.96. The summed E-state index contributed by atoms with van der Waals surface area (Å²) < 4.78 is 7.50. The smallest absolute Gasteiger partial charge is 0.0640 e. The summed E-state index contributed by atoms with van der Waals surface area (Å²) in [6.45, 7) is 0. The quantitative estimate of drug-likeness (QED) is 0.166. The molecule has 266 valence electrons. The maximum absolute atomic E-state index is 2.48. The van der Waals surface area contributed by atoms with Crippen LogP contribution < -0.4 is 0 Å². The molecule has 3 aromatic heterocycles. The lowest BCUT2D eigenvalue weighted by Gasteiger charge is -2.11. The minimum absolute atomic E-state index is 1.17. The van der Waals surface area contributed by atoms with Gasteiger partial charge in [0.25, 0.3) is 0 Å².